The van der Waals surface area contributed by atoms with Crippen molar-refractivity contribution in [1.82, 2.24) is 0 Å². The molecule has 1 N–H and O–H groups in total. The first kappa shape index (κ1) is 17.8. The van der Waals surface area contributed by atoms with Crippen LogP contribution in [-0.2, 0) is 9.53 Å². The van der Waals surface area contributed by atoms with Crippen LogP contribution in [0.4, 0.5) is 5.69 Å². The first-order valence-electron chi connectivity index (χ1n) is 6.88. The summed E-state index contributed by atoms with van der Waals surface area (Å²) < 4.78 is 5.10. The lowest BCUT2D eigenvalue weighted by atomic mass is 10.1. The molecule has 1 atom stereocenters. The van der Waals surface area contributed by atoms with Crippen LogP contribution in [0.25, 0.3) is 0 Å². The van der Waals surface area contributed by atoms with Crippen molar-refractivity contribution >= 4 is 40.8 Å². The molecule has 0 bridgehead atoms. The second-order valence-electron chi connectivity index (χ2n) is 4.83. The summed E-state index contributed by atoms with van der Waals surface area (Å²) in [6.45, 7) is 1.42. The van der Waals surface area contributed by atoms with Crippen molar-refractivity contribution < 1.29 is 14.3 Å². The van der Waals surface area contributed by atoms with E-state index in [-0.39, 0.29) is 21.3 Å². The number of esters is 1. The van der Waals surface area contributed by atoms with Crippen LogP contribution in [0, 0.1) is 11.3 Å². The molecular formula is C17H12Cl2N2O3. The predicted molar refractivity (Wildman–Crippen MR) is 91.1 cm³/mol. The zero-order valence-electron chi connectivity index (χ0n) is 12.5. The lowest BCUT2D eigenvalue weighted by molar-refractivity contribution is -0.123. The lowest BCUT2D eigenvalue weighted by Crippen LogP contribution is -2.30. The number of ether oxygens (including phenoxy) is 1. The molecular weight excluding hydrogens is 351 g/mol. The number of benzene rings is 2. The van der Waals surface area contributed by atoms with E-state index in [1.165, 1.54) is 19.1 Å². The van der Waals surface area contributed by atoms with Gasteiger partial charge in [-0.25, -0.2) is 4.79 Å². The van der Waals surface area contributed by atoms with Crippen LogP contribution in [0.3, 0.4) is 0 Å². The van der Waals surface area contributed by atoms with Crippen molar-refractivity contribution in [2.45, 2.75) is 13.0 Å². The fraction of sp³-hybridized carbons (Fsp3) is 0.118. The number of carbonyl (C=O) groups is 2. The van der Waals surface area contributed by atoms with Crippen LogP contribution < -0.4 is 5.32 Å². The third kappa shape index (κ3) is 4.25. The summed E-state index contributed by atoms with van der Waals surface area (Å²) >= 11 is 12.0. The van der Waals surface area contributed by atoms with E-state index < -0.39 is 18.0 Å². The summed E-state index contributed by atoms with van der Waals surface area (Å²) in [6, 6.07) is 12.7. The number of halogens is 2. The highest BCUT2D eigenvalue weighted by atomic mass is 35.5. The molecule has 0 aliphatic rings. The van der Waals surface area contributed by atoms with E-state index in [2.05, 4.69) is 5.32 Å². The van der Waals surface area contributed by atoms with Crippen molar-refractivity contribution in [3.8, 4) is 6.07 Å². The minimum atomic E-state index is -1.07. The maximum atomic E-state index is 12.1. The molecule has 0 heterocycles. The van der Waals surface area contributed by atoms with Gasteiger partial charge in [0, 0.05) is 0 Å². The molecule has 0 radical (unpaired) electrons. The molecule has 7 heteroatoms. The smallest absolute Gasteiger partial charge is 0.338 e. The van der Waals surface area contributed by atoms with Crippen LogP contribution in [0.5, 0.6) is 0 Å². The first-order chi connectivity index (χ1) is 11.4. The summed E-state index contributed by atoms with van der Waals surface area (Å²) in [4.78, 5) is 24.2. The Bertz CT molecular complexity index is 811. The van der Waals surface area contributed by atoms with Gasteiger partial charge in [0.05, 0.1) is 32.9 Å². The van der Waals surface area contributed by atoms with Gasteiger partial charge in [-0.3, -0.25) is 4.79 Å². The van der Waals surface area contributed by atoms with E-state index in [4.69, 9.17) is 33.2 Å². The number of nitrogens with zero attached hydrogens (tertiary/aromatic N) is 1. The number of nitrogens with one attached hydrogen (secondary N) is 1. The van der Waals surface area contributed by atoms with E-state index in [9.17, 15) is 9.59 Å². The number of carbonyl (C=O) groups excluding carboxylic acids is 2. The van der Waals surface area contributed by atoms with Gasteiger partial charge in [0.1, 0.15) is 0 Å². The molecule has 5 nitrogen and oxygen atoms in total. The Labute approximate surface area is 148 Å². The van der Waals surface area contributed by atoms with Crippen molar-refractivity contribution in [3.63, 3.8) is 0 Å². The summed E-state index contributed by atoms with van der Waals surface area (Å²) in [5.41, 5.74) is 0.758. The van der Waals surface area contributed by atoms with E-state index in [0.29, 0.717) is 5.56 Å². The average Bonchev–Trinajstić information content (AvgIpc) is 2.58. The molecule has 2 aromatic rings. The SMILES string of the molecule is C[C@@H](OC(=O)c1cccc(C#N)c1)C(=O)Nc1c(Cl)cccc1Cl. The van der Waals surface area contributed by atoms with Gasteiger partial charge < -0.3 is 10.1 Å². The highest BCUT2D eigenvalue weighted by molar-refractivity contribution is 6.39. The number of hydrogen-bond donors (Lipinski definition) is 1. The predicted octanol–water partition coefficient (Wildman–Crippen LogP) is 4.05. The molecule has 0 unspecified atom stereocenters. The van der Waals surface area contributed by atoms with Gasteiger partial charge in [0.2, 0.25) is 0 Å². The summed E-state index contributed by atoms with van der Waals surface area (Å²) in [5.74, 6) is -1.28. The Hall–Kier alpha value is -2.55. The molecule has 0 fully saturated rings. The van der Waals surface area contributed by atoms with E-state index >= 15 is 0 Å². The first-order valence-corrected chi connectivity index (χ1v) is 7.64. The zero-order chi connectivity index (χ0) is 17.7. The number of hydrogen-bond acceptors (Lipinski definition) is 4. The molecule has 2 rings (SSSR count). The van der Waals surface area contributed by atoms with Crippen LogP contribution in [-0.4, -0.2) is 18.0 Å². The number of nitriles is 1. The second kappa shape index (κ2) is 7.82. The van der Waals surface area contributed by atoms with Gasteiger partial charge in [0.15, 0.2) is 6.10 Å². The Kier molecular flexibility index (Phi) is 5.80. The Balaban J connectivity index is 2.06. The van der Waals surface area contributed by atoms with E-state index in [0.717, 1.165) is 0 Å². The molecule has 2 aromatic carbocycles. The largest absolute Gasteiger partial charge is 0.449 e. The fourth-order valence-electron chi connectivity index (χ4n) is 1.84. The minimum Gasteiger partial charge on any atom is -0.449 e. The molecule has 24 heavy (non-hydrogen) atoms. The molecule has 0 aliphatic carbocycles. The molecule has 0 aromatic heterocycles. The van der Waals surface area contributed by atoms with Crippen LogP contribution in [0.1, 0.15) is 22.8 Å². The molecule has 0 spiro atoms. The minimum absolute atomic E-state index is 0.185. The van der Waals surface area contributed by atoms with Crippen LogP contribution in [0.15, 0.2) is 42.5 Å². The number of rotatable bonds is 4. The van der Waals surface area contributed by atoms with Gasteiger partial charge in [-0.15, -0.1) is 0 Å². The monoisotopic (exact) mass is 362 g/mol. The molecule has 0 saturated heterocycles. The standard InChI is InChI=1S/C17H12Cl2N2O3/c1-10(16(22)21-15-13(18)6-3-7-14(15)19)24-17(23)12-5-2-4-11(8-12)9-20/h2-8,10H,1H3,(H,21,22)/t10-/m1/s1. The van der Waals surface area contributed by atoms with Crippen LogP contribution in [0.2, 0.25) is 10.0 Å². The quantitative estimate of drug-likeness (QED) is 0.832. The second-order valence-corrected chi connectivity index (χ2v) is 5.64. The molecule has 1 amide bonds. The average molecular weight is 363 g/mol. The summed E-state index contributed by atoms with van der Waals surface area (Å²) in [6.07, 6.45) is -1.07. The third-order valence-corrected chi connectivity index (χ3v) is 3.72. The van der Waals surface area contributed by atoms with Gasteiger partial charge in [-0.2, -0.15) is 5.26 Å². The maximum Gasteiger partial charge on any atom is 0.338 e. The van der Waals surface area contributed by atoms with Gasteiger partial charge >= 0.3 is 5.97 Å². The Morgan fingerprint density at radius 3 is 2.42 bits per heavy atom. The third-order valence-electron chi connectivity index (χ3n) is 3.09. The summed E-state index contributed by atoms with van der Waals surface area (Å²) in [7, 11) is 0. The van der Waals surface area contributed by atoms with Crippen molar-refractivity contribution in [3.05, 3.63) is 63.6 Å². The maximum absolute atomic E-state index is 12.1. The normalized spacial score (nSPS) is 11.2. The number of amides is 1. The molecule has 122 valence electrons. The Morgan fingerprint density at radius 2 is 1.79 bits per heavy atom. The van der Waals surface area contributed by atoms with Crippen LogP contribution >= 0.6 is 23.2 Å². The highest BCUT2D eigenvalue weighted by Gasteiger charge is 2.21. The topological polar surface area (TPSA) is 79.2 Å². The molecule has 0 aliphatic heterocycles. The number of para-hydroxylation sites is 1. The Morgan fingerprint density at radius 1 is 1.17 bits per heavy atom. The molecule has 0 saturated carbocycles. The van der Waals surface area contributed by atoms with Crippen molar-refractivity contribution in [2.75, 3.05) is 5.32 Å². The zero-order valence-corrected chi connectivity index (χ0v) is 14.1. The van der Waals surface area contributed by atoms with E-state index in [1.807, 2.05) is 6.07 Å². The van der Waals surface area contributed by atoms with Gasteiger partial charge in [-0.05, 0) is 37.3 Å². The van der Waals surface area contributed by atoms with Crippen molar-refractivity contribution in [2.24, 2.45) is 0 Å². The van der Waals surface area contributed by atoms with Gasteiger partial charge in [0.25, 0.3) is 5.91 Å². The highest BCUT2D eigenvalue weighted by Crippen LogP contribution is 2.29. The fourth-order valence-corrected chi connectivity index (χ4v) is 2.33. The lowest BCUT2D eigenvalue weighted by Gasteiger charge is -2.15. The van der Waals surface area contributed by atoms with Crippen molar-refractivity contribution in [1.29, 1.82) is 5.26 Å². The van der Waals surface area contributed by atoms with Gasteiger partial charge in [-0.1, -0.05) is 35.3 Å². The van der Waals surface area contributed by atoms with E-state index in [1.54, 1.807) is 30.3 Å². The number of anilines is 1. The summed E-state index contributed by atoms with van der Waals surface area (Å²) in [5, 5.41) is 11.9.